The lowest BCUT2D eigenvalue weighted by molar-refractivity contribution is -0.129. The number of aliphatic hydroxyl groups is 1. The predicted molar refractivity (Wildman–Crippen MR) is 113 cm³/mol. The van der Waals surface area contributed by atoms with Crippen LogP contribution in [0.4, 0.5) is 0 Å². The van der Waals surface area contributed by atoms with E-state index in [1.165, 1.54) is 18.4 Å². The third-order valence-corrected chi connectivity index (χ3v) is 5.51. The molecule has 8 nitrogen and oxygen atoms in total. The van der Waals surface area contributed by atoms with Crippen LogP contribution in [0.2, 0.25) is 0 Å². The smallest absolute Gasteiger partial charge is 0.290 e. The van der Waals surface area contributed by atoms with Gasteiger partial charge in [0.2, 0.25) is 0 Å². The summed E-state index contributed by atoms with van der Waals surface area (Å²) in [5.41, 5.74) is 0.805. The number of morpholine rings is 1. The van der Waals surface area contributed by atoms with E-state index in [4.69, 9.17) is 9.15 Å². The molecule has 2 aliphatic heterocycles. The number of furan rings is 1. The highest BCUT2D eigenvalue weighted by Crippen LogP contribution is 2.37. The molecule has 2 aromatic heterocycles. The number of carbonyl (C=O) groups excluding carboxylic acids is 2. The van der Waals surface area contributed by atoms with Crippen LogP contribution in [0.5, 0.6) is 0 Å². The fourth-order valence-corrected chi connectivity index (χ4v) is 3.95. The second-order valence-corrected chi connectivity index (χ2v) is 7.46. The molecule has 4 heterocycles. The molecule has 1 unspecified atom stereocenters. The van der Waals surface area contributed by atoms with Crippen molar-refractivity contribution in [1.82, 2.24) is 14.8 Å². The second kappa shape index (κ2) is 9.72. The van der Waals surface area contributed by atoms with E-state index in [-0.39, 0.29) is 5.57 Å². The number of aliphatic hydroxyl groups excluding tert-OH is 1. The summed E-state index contributed by atoms with van der Waals surface area (Å²) in [5, 5.41) is 10.6. The maximum atomic E-state index is 13.0. The van der Waals surface area contributed by atoms with Gasteiger partial charge in [-0.05, 0) is 48.4 Å². The minimum atomic E-state index is -0.658. The maximum absolute atomic E-state index is 13.0. The molecule has 0 aromatic carbocycles. The minimum Gasteiger partial charge on any atom is -0.503 e. The lowest BCUT2D eigenvalue weighted by atomic mass is 9.96. The Balaban J connectivity index is 1.54. The zero-order valence-corrected chi connectivity index (χ0v) is 17.1. The van der Waals surface area contributed by atoms with Crippen LogP contribution in [0.3, 0.4) is 0 Å². The van der Waals surface area contributed by atoms with E-state index in [0.29, 0.717) is 25.5 Å². The molecule has 4 rings (SSSR count). The van der Waals surface area contributed by atoms with Crippen LogP contribution in [0.1, 0.15) is 23.8 Å². The Bertz CT molecular complexity index is 962. The standard InChI is InChI=1S/C23H25N3O5/c27-19(5-4-18-3-1-14-31-18)20-21(17-6-8-24-9-7-17)26(23(29)22(20)28)11-2-10-25-12-15-30-16-13-25/h1,3-9,14,21,28H,2,10-13,15-16H2/b5-4+. The first kappa shape index (κ1) is 21.0. The van der Waals surface area contributed by atoms with E-state index in [0.717, 1.165) is 31.6 Å². The first-order valence-electron chi connectivity index (χ1n) is 10.3. The zero-order valence-electron chi connectivity index (χ0n) is 17.1. The second-order valence-electron chi connectivity index (χ2n) is 7.46. The van der Waals surface area contributed by atoms with Gasteiger partial charge in [0.25, 0.3) is 5.91 Å². The molecule has 1 saturated heterocycles. The lowest BCUT2D eigenvalue weighted by Gasteiger charge is -2.29. The molecule has 1 N–H and O–H groups in total. The number of allylic oxidation sites excluding steroid dienone is 1. The zero-order chi connectivity index (χ0) is 21.6. The van der Waals surface area contributed by atoms with E-state index in [9.17, 15) is 14.7 Å². The fraction of sp³-hybridized carbons (Fsp3) is 0.348. The highest BCUT2D eigenvalue weighted by atomic mass is 16.5. The maximum Gasteiger partial charge on any atom is 0.290 e. The first-order valence-corrected chi connectivity index (χ1v) is 10.3. The largest absolute Gasteiger partial charge is 0.503 e. The molecule has 0 saturated carbocycles. The van der Waals surface area contributed by atoms with Crippen LogP contribution >= 0.6 is 0 Å². The number of pyridine rings is 1. The number of amides is 1. The van der Waals surface area contributed by atoms with Crippen molar-refractivity contribution in [3.8, 4) is 0 Å². The van der Waals surface area contributed by atoms with Crippen molar-refractivity contribution in [2.45, 2.75) is 12.5 Å². The normalized spacial score (nSPS) is 20.2. The predicted octanol–water partition coefficient (Wildman–Crippen LogP) is 2.37. The van der Waals surface area contributed by atoms with Crippen molar-refractivity contribution in [2.24, 2.45) is 0 Å². The molecule has 0 bridgehead atoms. The van der Waals surface area contributed by atoms with Crippen molar-refractivity contribution in [3.63, 3.8) is 0 Å². The van der Waals surface area contributed by atoms with Gasteiger partial charge in [0.05, 0.1) is 31.1 Å². The molecular formula is C23H25N3O5. The van der Waals surface area contributed by atoms with Crippen molar-refractivity contribution >= 4 is 17.8 Å². The summed E-state index contributed by atoms with van der Waals surface area (Å²) in [4.78, 5) is 33.8. The highest BCUT2D eigenvalue weighted by Gasteiger charge is 2.42. The van der Waals surface area contributed by atoms with Crippen LogP contribution in [0, 0.1) is 0 Å². The molecular weight excluding hydrogens is 398 g/mol. The number of nitrogens with zero attached hydrogens (tertiary/aromatic N) is 3. The molecule has 0 aliphatic carbocycles. The van der Waals surface area contributed by atoms with E-state index in [1.807, 2.05) is 0 Å². The Morgan fingerprint density at radius 2 is 1.97 bits per heavy atom. The summed E-state index contributed by atoms with van der Waals surface area (Å²) in [6, 6.07) is 6.30. The van der Waals surface area contributed by atoms with Gasteiger partial charge in [-0.1, -0.05) is 0 Å². The van der Waals surface area contributed by atoms with Gasteiger partial charge < -0.3 is 19.2 Å². The monoisotopic (exact) mass is 423 g/mol. The number of rotatable bonds is 8. The van der Waals surface area contributed by atoms with Crippen LogP contribution < -0.4 is 0 Å². The molecule has 0 radical (unpaired) electrons. The number of hydrogen-bond acceptors (Lipinski definition) is 7. The number of hydrogen-bond donors (Lipinski definition) is 1. The van der Waals surface area contributed by atoms with Gasteiger partial charge in [-0.2, -0.15) is 0 Å². The summed E-state index contributed by atoms with van der Waals surface area (Å²) in [6.07, 6.45) is 8.31. The number of ketones is 1. The molecule has 1 fully saturated rings. The van der Waals surface area contributed by atoms with Crippen molar-refractivity contribution < 1.29 is 23.8 Å². The number of carbonyl (C=O) groups is 2. The van der Waals surface area contributed by atoms with Crippen LogP contribution in [0.15, 0.2) is 64.7 Å². The Kier molecular flexibility index (Phi) is 6.59. The topological polar surface area (TPSA) is 96.1 Å². The minimum absolute atomic E-state index is 0.0744. The molecule has 0 spiro atoms. The first-order chi connectivity index (χ1) is 15.1. The fourth-order valence-electron chi connectivity index (χ4n) is 3.95. The van der Waals surface area contributed by atoms with Crippen molar-refractivity contribution in [3.05, 3.63) is 71.7 Å². The third-order valence-electron chi connectivity index (χ3n) is 5.51. The van der Waals surface area contributed by atoms with E-state index in [1.54, 1.807) is 41.6 Å². The Labute approximate surface area is 180 Å². The quantitative estimate of drug-likeness (QED) is 0.651. The summed E-state index contributed by atoms with van der Waals surface area (Å²) in [6.45, 7) is 4.40. The van der Waals surface area contributed by atoms with Gasteiger partial charge in [0, 0.05) is 38.6 Å². The van der Waals surface area contributed by atoms with Crippen molar-refractivity contribution in [2.75, 3.05) is 39.4 Å². The average molecular weight is 423 g/mol. The summed E-state index contributed by atoms with van der Waals surface area (Å²) in [7, 11) is 0. The van der Waals surface area contributed by atoms with Gasteiger partial charge in [0.15, 0.2) is 11.5 Å². The summed E-state index contributed by atoms with van der Waals surface area (Å²) < 4.78 is 10.6. The van der Waals surface area contributed by atoms with Gasteiger partial charge >= 0.3 is 0 Å². The number of ether oxygens (including phenoxy) is 1. The molecule has 2 aromatic rings. The van der Waals surface area contributed by atoms with Crippen molar-refractivity contribution in [1.29, 1.82) is 0 Å². The summed E-state index contributed by atoms with van der Waals surface area (Å²) in [5.74, 6) is -0.943. The molecule has 2 aliphatic rings. The molecule has 162 valence electrons. The third kappa shape index (κ3) is 4.76. The van der Waals surface area contributed by atoms with E-state index < -0.39 is 23.5 Å². The SMILES string of the molecule is O=C(/C=C/c1ccco1)C1=C(O)C(=O)N(CCCN2CCOCC2)C1c1ccncc1. The van der Waals surface area contributed by atoms with Crippen LogP contribution in [-0.2, 0) is 14.3 Å². The van der Waals surface area contributed by atoms with Gasteiger partial charge in [0.1, 0.15) is 5.76 Å². The van der Waals surface area contributed by atoms with Gasteiger partial charge in [-0.25, -0.2) is 0 Å². The van der Waals surface area contributed by atoms with Gasteiger partial charge in [-0.15, -0.1) is 0 Å². The Morgan fingerprint density at radius 1 is 1.19 bits per heavy atom. The van der Waals surface area contributed by atoms with E-state index in [2.05, 4.69) is 9.88 Å². The molecule has 1 atom stereocenters. The van der Waals surface area contributed by atoms with Crippen LogP contribution in [-0.4, -0.2) is 71.0 Å². The average Bonchev–Trinajstić information content (AvgIpc) is 3.41. The summed E-state index contributed by atoms with van der Waals surface area (Å²) >= 11 is 0. The molecule has 8 heteroatoms. The van der Waals surface area contributed by atoms with Gasteiger partial charge in [-0.3, -0.25) is 19.5 Å². The number of aromatic nitrogens is 1. The highest BCUT2D eigenvalue weighted by molar-refractivity contribution is 6.14. The molecule has 31 heavy (non-hydrogen) atoms. The Morgan fingerprint density at radius 3 is 2.68 bits per heavy atom. The lowest BCUT2D eigenvalue weighted by Crippen LogP contribution is -2.39. The van der Waals surface area contributed by atoms with Crippen LogP contribution in [0.25, 0.3) is 6.08 Å². The van der Waals surface area contributed by atoms with E-state index >= 15 is 0 Å². The molecule has 1 amide bonds. The Hall–Kier alpha value is -3.23.